The van der Waals surface area contributed by atoms with Crippen molar-refractivity contribution in [3.63, 3.8) is 0 Å². The van der Waals surface area contributed by atoms with E-state index in [9.17, 15) is 0 Å². The van der Waals surface area contributed by atoms with Gasteiger partial charge in [0.05, 0.1) is 0 Å². The average Bonchev–Trinajstić information content (AvgIpc) is 3.25. The van der Waals surface area contributed by atoms with Crippen molar-refractivity contribution in [3.05, 3.63) is 48.0 Å². The van der Waals surface area contributed by atoms with E-state index in [2.05, 4.69) is 73.7 Å². The van der Waals surface area contributed by atoms with Crippen molar-refractivity contribution in [2.24, 2.45) is 0 Å². The summed E-state index contributed by atoms with van der Waals surface area (Å²) in [6.07, 6.45) is 39.7. The second-order valence-electron chi connectivity index (χ2n) is 13.3. The van der Waals surface area contributed by atoms with Gasteiger partial charge in [0.25, 0.3) is 0 Å². The van der Waals surface area contributed by atoms with Crippen LogP contribution in [0.4, 0.5) is 0 Å². The lowest BCUT2D eigenvalue weighted by molar-refractivity contribution is -0.698. The van der Waals surface area contributed by atoms with Gasteiger partial charge in [-0.05, 0) is 36.8 Å². The molecule has 2 heterocycles. The molecule has 41 heavy (non-hydrogen) atoms. The maximum absolute atomic E-state index is 2.60. The molecule has 0 fully saturated rings. The van der Waals surface area contributed by atoms with Gasteiger partial charge < -0.3 is 0 Å². The maximum atomic E-state index is 2.60. The van der Waals surface area contributed by atoms with Crippen molar-refractivity contribution in [1.29, 1.82) is 0 Å². The minimum atomic E-state index is 0.180. The number of rotatable bonds is 24. The van der Waals surface area contributed by atoms with Crippen molar-refractivity contribution >= 4 is 0 Å². The Hall–Kier alpha value is -1.70. The SMILES string of the molecule is CCCCCCC[n+]1ccc2c(c1)C(CCCCCCC)(CCCCCCC)c1c[n+](CCCCCCC)ccc1-2. The zero-order chi connectivity index (χ0) is 29.2. The Morgan fingerprint density at radius 3 is 1.15 bits per heavy atom. The molecular formula is C39H66N2+2. The summed E-state index contributed by atoms with van der Waals surface area (Å²) in [7, 11) is 0. The van der Waals surface area contributed by atoms with Gasteiger partial charge in [0.1, 0.15) is 13.1 Å². The molecule has 0 spiro atoms. The van der Waals surface area contributed by atoms with Gasteiger partial charge in [-0.15, -0.1) is 0 Å². The fourth-order valence-electron chi connectivity index (χ4n) is 7.25. The van der Waals surface area contributed by atoms with Crippen LogP contribution in [0.25, 0.3) is 11.1 Å². The number of aryl methyl sites for hydroxylation is 2. The molecule has 230 valence electrons. The number of pyridine rings is 2. The molecule has 2 aromatic heterocycles. The highest BCUT2D eigenvalue weighted by Crippen LogP contribution is 2.53. The third-order valence-electron chi connectivity index (χ3n) is 9.81. The molecule has 0 atom stereocenters. The van der Waals surface area contributed by atoms with Crippen molar-refractivity contribution in [1.82, 2.24) is 0 Å². The molecule has 0 unspecified atom stereocenters. The summed E-state index contributed by atoms with van der Waals surface area (Å²) in [5.74, 6) is 0. The fraction of sp³-hybridized carbons (Fsp3) is 0.744. The summed E-state index contributed by atoms with van der Waals surface area (Å²) in [5.41, 5.74) is 6.53. The van der Waals surface area contributed by atoms with Gasteiger partial charge in [-0.3, -0.25) is 0 Å². The monoisotopic (exact) mass is 563 g/mol. The average molecular weight is 563 g/mol. The summed E-state index contributed by atoms with van der Waals surface area (Å²) in [5, 5.41) is 0. The lowest BCUT2D eigenvalue weighted by atomic mass is 9.71. The summed E-state index contributed by atoms with van der Waals surface area (Å²) in [6.45, 7) is 11.6. The molecule has 0 N–H and O–H groups in total. The van der Waals surface area contributed by atoms with E-state index in [1.165, 1.54) is 152 Å². The van der Waals surface area contributed by atoms with E-state index < -0.39 is 0 Å². The summed E-state index contributed by atoms with van der Waals surface area (Å²) in [6, 6.07) is 4.95. The van der Waals surface area contributed by atoms with Crippen LogP contribution in [0.3, 0.4) is 0 Å². The van der Waals surface area contributed by atoms with Crippen LogP contribution in [0, 0.1) is 0 Å². The summed E-state index contributed by atoms with van der Waals surface area (Å²) in [4.78, 5) is 0. The number of fused-ring (bicyclic) bond motifs is 3. The molecule has 0 saturated heterocycles. The predicted molar refractivity (Wildman–Crippen MR) is 177 cm³/mol. The first-order chi connectivity index (χ1) is 20.2. The molecule has 3 rings (SSSR count). The molecule has 0 bridgehead atoms. The first-order valence-corrected chi connectivity index (χ1v) is 18.3. The Kier molecular flexibility index (Phi) is 16.1. The number of hydrogen-bond acceptors (Lipinski definition) is 0. The van der Waals surface area contributed by atoms with E-state index in [4.69, 9.17) is 0 Å². The van der Waals surface area contributed by atoms with Crippen LogP contribution in [-0.4, -0.2) is 0 Å². The second kappa shape index (κ2) is 19.5. The molecular weight excluding hydrogens is 496 g/mol. The molecule has 0 saturated carbocycles. The van der Waals surface area contributed by atoms with Gasteiger partial charge in [-0.2, -0.15) is 0 Å². The summed E-state index contributed by atoms with van der Waals surface area (Å²) < 4.78 is 5.09. The van der Waals surface area contributed by atoms with E-state index in [-0.39, 0.29) is 5.41 Å². The van der Waals surface area contributed by atoms with Crippen molar-refractivity contribution < 1.29 is 9.13 Å². The topological polar surface area (TPSA) is 7.76 Å². The quantitative estimate of drug-likeness (QED) is 0.0888. The van der Waals surface area contributed by atoms with E-state index in [0.29, 0.717) is 0 Å². The van der Waals surface area contributed by atoms with Crippen LogP contribution in [0.15, 0.2) is 36.9 Å². The third kappa shape index (κ3) is 10.2. The Morgan fingerprint density at radius 2 is 0.780 bits per heavy atom. The van der Waals surface area contributed by atoms with Crippen molar-refractivity contribution in [2.45, 2.75) is 187 Å². The van der Waals surface area contributed by atoms with Crippen LogP contribution in [-0.2, 0) is 18.5 Å². The molecule has 0 amide bonds. The third-order valence-corrected chi connectivity index (χ3v) is 9.81. The van der Waals surface area contributed by atoms with Gasteiger partial charge >= 0.3 is 0 Å². The maximum Gasteiger partial charge on any atom is 0.173 e. The molecule has 2 nitrogen and oxygen atoms in total. The van der Waals surface area contributed by atoms with Gasteiger partial charge in [0, 0.05) is 41.5 Å². The highest BCUT2D eigenvalue weighted by Gasteiger charge is 2.46. The van der Waals surface area contributed by atoms with E-state index in [1.54, 1.807) is 11.1 Å². The molecule has 0 radical (unpaired) electrons. The smallest absolute Gasteiger partial charge is 0.173 e. The molecule has 0 aromatic carbocycles. The minimum absolute atomic E-state index is 0.180. The van der Waals surface area contributed by atoms with Crippen LogP contribution in [0.1, 0.15) is 180 Å². The van der Waals surface area contributed by atoms with Crippen molar-refractivity contribution in [2.75, 3.05) is 0 Å². The van der Waals surface area contributed by atoms with Crippen LogP contribution in [0.5, 0.6) is 0 Å². The molecule has 2 aromatic rings. The van der Waals surface area contributed by atoms with Crippen LogP contribution < -0.4 is 9.13 Å². The fourth-order valence-corrected chi connectivity index (χ4v) is 7.25. The van der Waals surface area contributed by atoms with Gasteiger partial charge in [0.15, 0.2) is 24.8 Å². The number of nitrogens with zero attached hydrogens (tertiary/aromatic N) is 2. The van der Waals surface area contributed by atoms with Gasteiger partial charge in [0.2, 0.25) is 0 Å². The van der Waals surface area contributed by atoms with E-state index >= 15 is 0 Å². The standard InChI is InChI=1S/C39H66N2/c1-5-9-13-17-21-27-39(28-22-18-14-10-6-2)37-33-40(29-23-19-15-11-7-3)31-25-35(37)36-26-32-41(34-38(36)39)30-24-20-16-12-8-4/h25-26,31-34H,5-24,27-30H2,1-4H3/q+2. The first-order valence-electron chi connectivity index (χ1n) is 18.3. The van der Waals surface area contributed by atoms with Crippen LogP contribution in [0.2, 0.25) is 0 Å². The Bertz CT molecular complexity index is 898. The molecule has 0 aliphatic heterocycles. The Labute approximate surface area is 255 Å². The lowest BCUT2D eigenvalue weighted by Gasteiger charge is -2.31. The largest absolute Gasteiger partial charge is 0.205 e. The molecule has 1 aliphatic carbocycles. The van der Waals surface area contributed by atoms with Crippen LogP contribution >= 0.6 is 0 Å². The minimum Gasteiger partial charge on any atom is -0.205 e. The Morgan fingerprint density at radius 1 is 0.439 bits per heavy atom. The zero-order valence-corrected chi connectivity index (χ0v) is 27.8. The van der Waals surface area contributed by atoms with Gasteiger partial charge in [-0.25, -0.2) is 9.13 Å². The predicted octanol–water partition coefficient (Wildman–Crippen LogP) is 11.2. The highest BCUT2D eigenvalue weighted by atomic mass is 14.9. The summed E-state index contributed by atoms with van der Waals surface area (Å²) >= 11 is 0. The highest BCUT2D eigenvalue weighted by molar-refractivity contribution is 5.79. The normalized spacial score (nSPS) is 13.5. The van der Waals surface area contributed by atoms with Crippen molar-refractivity contribution in [3.8, 4) is 11.1 Å². The first kappa shape index (κ1) is 33.8. The Balaban J connectivity index is 1.91. The number of aromatic nitrogens is 2. The zero-order valence-electron chi connectivity index (χ0n) is 27.8. The lowest BCUT2D eigenvalue weighted by Crippen LogP contribution is -2.38. The number of unbranched alkanes of at least 4 members (excludes halogenated alkanes) is 16. The van der Waals surface area contributed by atoms with Gasteiger partial charge in [-0.1, -0.05) is 130 Å². The molecule has 2 heteroatoms. The molecule has 1 aliphatic rings. The second-order valence-corrected chi connectivity index (χ2v) is 13.3. The van der Waals surface area contributed by atoms with E-state index in [0.717, 1.165) is 13.1 Å². The number of hydrogen-bond donors (Lipinski definition) is 0. The van der Waals surface area contributed by atoms with E-state index in [1.807, 2.05) is 0 Å².